The van der Waals surface area contributed by atoms with Crippen molar-refractivity contribution in [1.29, 1.82) is 0 Å². The standard InChI is InChI=1S/C39H56O12/c1-25(2)37(40)44-23-21-42-27(5)46-29(7)48-31(9)50-35-17-13-33(14-18-35)39(11,12)34-15-19-36(20-16-34)51-32(10)49-30(8)47-28(6)43-22-24-45-38(41)26(3)4/h13-20,27-32H,1,3,21-24H2,2,4-12H3. The van der Waals surface area contributed by atoms with E-state index in [1.165, 1.54) is 0 Å². The summed E-state index contributed by atoms with van der Waals surface area (Å²) in [5.41, 5.74) is 2.56. The summed E-state index contributed by atoms with van der Waals surface area (Å²) in [5.74, 6) is 0.386. The van der Waals surface area contributed by atoms with Gasteiger partial charge in [-0.15, -0.1) is 0 Å². The van der Waals surface area contributed by atoms with Gasteiger partial charge in [0.2, 0.25) is 0 Å². The first kappa shape index (κ1) is 43.4. The summed E-state index contributed by atoms with van der Waals surface area (Å²) in [6.07, 6.45) is -3.54. The smallest absolute Gasteiger partial charge is 0.333 e. The minimum atomic E-state index is -0.606. The first-order chi connectivity index (χ1) is 24.0. The molecule has 2 rings (SSSR count). The van der Waals surface area contributed by atoms with Crippen molar-refractivity contribution >= 4 is 11.9 Å². The van der Waals surface area contributed by atoms with Crippen LogP contribution in [0.3, 0.4) is 0 Å². The molecule has 0 aliphatic heterocycles. The number of carbonyl (C=O) groups is 2. The summed E-state index contributed by atoms with van der Waals surface area (Å²) in [5, 5.41) is 0. The molecule has 0 aromatic heterocycles. The molecule has 0 radical (unpaired) electrons. The highest BCUT2D eigenvalue weighted by Crippen LogP contribution is 2.33. The van der Waals surface area contributed by atoms with E-state index < -0.39 is 49.7 Å². The van der Waals surface area contributed by atoms with E-state index in [1.807, 2.05) is 48.5 Å². The Hall–Kier alpha value is -3.78. The molecule has 0 amide bonds. The molecule has 284 valence electrons. The van der Waals surface area contributed by atoms with Crippen molar-refractivity contribution < 1.29 is 57.0 Å². The van der Waals surface area contributed by atoms with Crippen molar-refractivity contribution in [3.63, 3.8) is 0 Å². The molecule has 12 nitrogen and oxygen atoms in total. The lowest BCUT2D eigenvalue weighted by atomic mass is 9.78. The van der Waals surface area contributed by atoms with Crippen LogP contribution in [-0.4, -0.2) is 76.1 Å². The normalized spacial score (nSPS) is 15.1. The summed E-state index contributed by atoms with van der Waals surface area (Å²) in [7, 11) is 0. The van der Waals surface area contributed by atoms with E-state index in [9.17, 15) is 9.59 Å². The van der Waals surface area contributed by atoms with Crippen LogP contribution in [0.15, 0.2) is 72.8 Å². The fourth-order valence-electron chi connectivity index (χ4n) is 4.67. The molecule has 51 heavy (non-hydrogen) atoms. The van der Waals surface area contributed by atoms with Crippen molar-refractivity contribution in [3.8, 4) is 11.5 Å². The zero-order chi connectivity index (χ0) is 38.1. The monoisotopic (exact) mass is 716 g/mol. The van der Waals surface area contributed by atoms with Crippen LogP contribution >= 0.6 is 0 Å². The Morgan fingerprint density at radius 3 is 1.16 bits per heavy atom. The molecule has 6 unspecified atom stereocenters. The van der Waals surface area contributed by atoms with Gasteiger partial charge in [0.25, 0.3) is 0 Å². The Bertz CT molecular complexity index is 1270. The summed E-state index contributed by atoms with van der Waals surface area (Å²) in [6.45, 7) is 25.6. The molecule has 0 heterocycles. The van der Waals surface area contributed by atoms with Crippen LogP contribution in [0.2, 0.25) is 0 Å². The predicted octanol–water partition coefficient (Wildman–Crippen LogP) is 7.18. The van der Waals surface area contributed by atoms with Crippen LogP contribution in [0.25, 0.3) is 0 Å². The molecular weight excluding hydrogens is 660 g/mol. The summed E-state index contributed by atoms with van der Waals surface area (Å²) in [6, 6.07) is 15.7. The third-order valence-electron chi connectivity index (χ3n) is 7.32. The highest BCUT2D eigenvalue weighted by atomic mass is 16.8. The Morgan fingerprint density at radius 1 is 0.529 bits per heavy atom. The molecule has 0 saturated heterocycles. The van der Waals surface area contributed by atoms with E-state index in [2.05, 4.69) is 27.0 Å². The third-order valence-corrected chi connectivity index (χ3v) is 7.32. The molecule has 0 fully saturated rings. The van der Waals surface area contributed by atoms with Crippen molar-refractivity contribution in [1.82, 2.24) is 0 Å². The van der Waals surface area contributed by atoms with Gasteiger partial charge in [0.05, 0.1) is 13.2 Å². The minimum absolute atomic E-state index is 0.101. The van der Waals surface area contributed by atoms with Crippen molar-refractivity contribution in [3.05, 3.63) is 84.0 Å². The van der Waals surface area contributed by atoms with Gasteiger partial charge in [-0.05, 0) is 90.8 Å². The molecule has 0 aliphatic rings. The van der Waals surface area contributed by atoms with Crippen molar-refractivity contribution in [2.24, 2.45) is 0 Å². The van der Waals surface area contributed by atoms with E-state index in [4.69, 9.17) is 47.4 Å². The molecule has 12 heteroatoms. The summed E-state index contributed by atoms with van der Waals surface area (Å²) < 4.78 is 55.9. The maximum atomic E-state index is 11.4. The van der Waals surface area contributed by atoms with Gasteiger partial charge in [-0.1, -0.05) is 51.3 Å². The number of hydrogen-bond donors (Lipinski definition) is 0. The molecule has 0 bridgehead atoms. The van der Waals surface area contributed by atoms with E-state index in [0.717, 1.165) is 11.1 Å². The molecule has 0 aliphatic carbocycles. The van der Waals surface area contributed by atoms with E-state index in [0.29, 0.717) is 22.6 Å². The van der Waals surface area contributed by atoms with Crippen molar-refractivity contribution in [2.45, 2.75) is 112 Å². The first-order valence-electron chi connectivity index (χ1n) is 17.0. The topological polar surface area (TPSA) is 126 Å². The zero-order valence-electron chi connectivity index (χ0n) is 31.7. The fourth-order valence-corrected chi connectivity index (χ4v) is 4.67. The molecule has 2 aromatic carbocycles. The van der Waals surface area contributed by atoms with Gasteiger partial charge >= 0.3 is 11.9 Å². The van der Waals surface area contributed by atoms with Crippen LogP contribution in [0, 0.1) is 0 Å². The number of hydrogen-bond acceptors (Lipinski definition) is 12. The quantitative estimate of drug-likeness (QED) is 0.0473. The van der Waals surface area contributed by atoms with Gasteiger partial charge in [0.15, 0.2) is 37.7 Å². The van der Waals surface area contributed by atoms with Crippen LogP contribution in [-0.2, 0) is 52.9 Å². The van der Waals surface area contributed by atoms with Gasteiger partial charge in [0, 0.05) is 16.6 Å². The maximum Gasteiger partial charge on any atom is 0.333 e. The molecule has 6 atom stereocenters. The predicted molar refractivity (Wildman–Crippen MR) is 191 cm³/mol. The van der Waals surface area contributed by atoms with Gasteiger partial charge in [-0.2, -0.15) is 0 Å². The largest absolute Gasteiger partial charge is 0.465 e. The lowest BCUT2D eigenvalue weighted by Crippen LogP contribution is -2.29. The molecule has 0 saturated carbocycles. The second kappa shape index (κ2) is 21.6. The Morgan fingerprint density at radius 2 is 0.843 bits per heavy atom. The van der Waals surface area contributed by atoms with E-state index in [-0.39, 0.29) is 31.8 Å². The number of ether oxygens (including phenoxy) is 10. The number of carbonyl (C=O) groups excluding carboxylic acids is 2. The molecule has 2 aromatic rings. The molecule has 0 N–H and O–H groups in total. The highest BCUT2D eigenvalue weighted by Gasteiger charge is 2.24. The minimum Gasteiger partial charge on any atom is -0.465 e. The van der Waals surface area contributed by atoms with Gasteiger partial charge in [-0.25, -0.2) is 9.59 Å². The second-order valence-corrected chi connectivity index (χ2v) is 12.4. The maximum absolute atomic E-state index is 11.4. The Labute approximate surface area is 302 Å². The average Bonchev–Trinajstić information content (AvgIpc) is 3.04. The number of rotatable bonds is 24. The highest BCUT2D eigenvalue weighted by molar-refractivity contribution is 5.87. The second-order valence-electron chi connectivity index (χ2n) is 12.4. The zero-order valence-corrected chi connectivity index (χ0v) is 31.7. The van der Waals surface area contributed by atoms with Crippen LogP contribution in [0.1, 0.15) is 80.4 Å². The fraction of sp³-hybridized carbons (Fsp3) is 0.538. The Kier molecular flexibility index (Phi) is 18.3. The lowest BCUT2D eigenvalue weighted by Gasteiger charge is -2.27. The van der Waals surface area contributed by atoms with Gasteiger partial charge in [-0.3, -0.25) is 0 Å². The summed E-state index contributed by atoms with van der Waals surface area (Å²) >= 11 is 0. The SMILES string of the molecule is C=C(C)C(=O)OCCOC(C)OC(C)OC(C)Oc1ccc(C(C)(C)c2ccc(OC(C)OC(C)OC(C)OCCOC(=O)C(=C)C)cc2)cc1. The van der Waals surface area contributed by atoms with E-state index >= 15 is 0 Å². The van der Waals surface area contributed by atoms with Crippen LogP contribution in [0.5, 0.6) is 11.5 Å². The number of esters is 2. The van der Waals surface area contributed by atoms with E-state index in [1.54, 1.807) is 55.4 Å². The number of benzene rings is 2. The van der Waals surface area contributed by atoms with Crippen LogP contribution in [0.4, 0.5) is 0 Å². The first-order valence-corrected chi connectivity index (χ1v) is 17.0. The van der Waals surface area contributed by atoms with Gasteiger partial charge in [0.1, 0.15) is 24.7 Å². The lowest BCUT2D eigenvalue weighted by molar-refractivity contribution is -0.267. The molecular formula is C39H56O12. The van der Waals surface area contributed by atoms with Crippen LogP contribution < -0.4 is 9.47 Å². The summed E-state index contributed by atoms with van der Waals surface area (Å²) in [4.78, 5) is 22.9. The van der Waals surface area contributed by atoms with Gasteiger partial charge < -0.3 is 47.4 Å². The average molecular weight is 717 g/mol. The third kappa shape index (κ3) is 16.4. The molecule has 0 spiro atoms. The Balaban J connectivity index is 1.78. The van der Waals surface area contributed by atoms with Crippen molar-refractivity contribution in [2.75, 3.05) is 26.4 Å².